The second-order valence-corrected chi connectivity index (χ2v) is 5.91. The van der Waals surface area contributed by atoms with Crippen molar-refractivity contribution in [1.82, 2.24) is 9.97 Å². The fraction of sp³-hybridized carbons (Fsp3) is 0.714. The van der Waals surface area contributed by atoms with Crippen molar-refractivity contribution in [1.29, 1.82) is 0 Å². The zero-order chi connectivity index (χ0) is 11.8. The van der Waals surface area contributed by atoms with Crippen molar-refractivity contribution in [2.45, 2.75) is 52.9 Å². The Morgan fingerprint density at radius 2 is 1.94 bits per heavy atom. The molecule has 0 saturated heterocycles. The molecule has 2 nitrogen and oxygen atoms in total. The third-order valence-electron chi connectivity index (χ3n) is 3.89. The van der Waals surface area contributed by atoms with Gasteiger partial charge in [0.05, 0.1) is 11.4 Å². The lowest BCUT2D eigenvalue weighted by molar-refractivity contribution is 0.169. The monoisotopic (exact) mass is 218 g/mol. The van der Waals surface area contributed by atoms with Crippen LogP contribution in [-0.2, 0) is 6.42 Å². The Labute approximate surface area is 98.5 Å². The Kier molecular flexibility index (Phi) is 3.00. The second-order valence-electron chi connectivity index (χ2n) is 5.91. The molecule has 16 heavy (non-hydrogen) atoms. The fourth-order valence-electron chi connectivity index (χ4n) is 3.08. The molecule has 88 valence electrons. The topological polar surface area (TPSA) is 25.8 Å². The number of aryl methyl sites for hydroxylation is 1. The Morgan fingerprint density at radius 3 is 2.56 bits per heavy atom. The maximum absolute atomic E-state index is 4.57. The minimum absolute atomic E-state index is 0.371. The van der Waals surface area contributed by atoms with E-state index in [0.29, 0.717) is 11.3 Å². The number of nitrogens with zero attached hydrogens (tertiary/aromatic N) is 2. The first kappa shape index (κ1) is 11.6. The highest BCUT2D eigenvalue weighted by Crippen LogP contribution is 2.45. The third-order valence-corrected chi connectivity index (χ3v) is 3.89. The van der Waals surface area contributed by atoms with E-state index in [0.717, 1.165) is 12.3 Å². The summed E-state index contributed by atoms with van der Waals surface area (Å²) in [4.78, 5) is 9.04. The van der Waals surface area contributed by atoms with Gasteiger partial charge in [-0.05, 0) is 30.6 Å². The van der Waals surface area contributed by atoms with Crippen molar-refractivity contribution in [2.75, 3.05) is 0 Å². The molecule has 0 N–H and O–H groups in total. The molecule has 0 radical (unpaired) electrons. The van der Waals surface area contributed by atoms with Gasteiger partial charge in [-0.25, -0.2) is 0 Å². The van der Waals surface area contributed by atoms with Crippen LogP contribution in [0.4, 0.5) is 0 Å². The molecule has 0 aliphatic heterocycles. The molecular weight excluding hydrogens is 196 g/mol. The number of aromatic nitrogens is 2. The maximum atomic E-state index is 4.57. The van der Waals surface area contributed by atoms with Gasteiger partial charge in [0.25, 0.3) is 0 Å². The number of fused-ring (bicyclic) bond motifs is 1. The van der Waals surface area contributed by atoms with Crippen LogP contribution >= 0.6 is 0 Å². The van der Waals surface area contributed by atoms with Crippen LogP contribution in [0.3, 0.4) is 0 Å². The SMILES string of the molecule is CCC1c2nccnc2CCC1C(C)(C)C. The van der Waals surface area contributed by atoms with Gasteiger partial charge in [0.15, 0.2) is 0 Å². The summed E-state index contributed by atoms with van der Waals surface area (Å²) < 4.78 is 0. The fourth-order valence-corrected chi connectivity index (χ4v) is 3.08. The first-order valence-corrected chi connectivity index (χ1v) is 6.33. The first-order chi connectivity index (χ1) is 7.54. The van der Waals surface area contributed by atoms with E-state index in [1.807, 2.05) is 12.4 Å². The molecule has 0 spiro atoms. The first-order valence-electron chi connectivity index (χ1n) is 6.33. The minimum atomic E-state index is 0.371. The molecule has 1 aromatic rings. The molecule has 2 rings (SSSR count). The molecule has 0 amide bonds. The van der Waals surface area contributed by atoms with Crippen LogP contribution in [0, 0.1) is 11.3 Å². The smallest absolute Gasteiger partial charge is 0.0652 e. The molecule has 0 saturated carbocycles. The Hall–Kier alpha value is -0.920. The molecule has 0 bridgehead atoms. The molecule has 0 aromatic carbocycles. The van der Waals surface area contributed by atoms with Crippen LogP contribution in [0.15, 0.2) is 12.4 Å². The van der Waals surface area contributed by atoms with Crippen molar-refractivity contribution in [2.24, 2.45) is 11.3 Å². The second kappa shape index (κ2) is 4.15. The van der Waals surface area contributed by atoms with E-state index in [9.17, 15) is 0 Å². The number of hydrogen-bond acceptors (Lipinski definition) is 2. The molecular formula is C14H22N2. The van der Waals surface area contributed by atoms with Gasteiger partial charge in [-0.15, -0.1) is 0 Å². The molecule has 1 aliphatic carbocycles. The van der Waals surface area contributed by atoms with Gasteiger partial charge in [-0.1, -0.05) is 27.7 Å². The predicted octanol–water partition coefficient (Wildman–Crippen LogP) is 3.58. The van der Waals surface area contributed by atoms with E-state index in [2.05, 4.69) is 37.7 Å². The van der Waals surface area contributed by atoms with Crippen molar-refractivity contribution in [3.8, 4) is 0 Å². The summed E-state index contributed by atoms with van der Waals surface area (Å²) in [6.45, 7) is 9.32. The van der Waals surface area contributed by atoms with Crippen LogP contribution in [0.1, 0.15) is 57.8 Å². The standard InChI is InChI=1S/C14H22N2/c1-5-10-11(14(2,3)4)6-7-12-13(10)16-9-8-15-12/h8-11H,5-7H2,1-4H3. The van der Waals surface area contributed by atoms with E-state index in [1.54, 1.807) is 0 Å². The summed E-state index contributed by atoms with van der Waals surface area (Å²) in [6.07, 6.45) is 7.19. The van der Waals surface area contributed by atoms with Crippen LogP contribution in [0.5, 0.6) is 0 Å². The highest BCUT2D eigenvalue weighted by molar-refractivity contribution is 5.21. The van der Waals surface area contributed by atoms with E-state index in [4.69, 9.17) is 0 Å². The van der Waals surface area contributed by atoms with Crippen molar-refractivity contribution < 1.29 is 0 Å². The van der Waals surface area contributed by atoms with E-state index < -0.39 is 0 Å². The van der Waals surface area contributed by atoms with E-state index in [-0.39, 0.29) is 0 Å². The Morgan fingerprint density at radius 1 is 1.25 bits per heavy atom. The summed E-state index contributed by atoms with van der Waals surface area (Å²) in [5, 5.41) is 0. The molecule has 1 aliphatic rings. The molecule has 2 heteroatoms. The van der Waals surface area contributed by atoms with Gasteiger partial charge < -0.3 is 0 Å². The molecule has 1 heterocycles. The average molecular weight is 218 g/mol. The van der Waals surface area contributed by atoms with Crippen molar-refractivity contribution in [3.05, 3.63) is 23.8 Å². The summed E-state index contributed by atoms with van der Waals surface area (Å²) in [5.41, 5.74) is 2.86. The summed E-state index contributed by atoms with van der Waals surface area (Å²) in [7, 11) is 0. The predicted molar refractivity (Wildman–Crippen MR) is 66.3 cm³/mol. The van der Waals surface area contributed by atoms with Gasteiger partial charge in [-0.3, -0.25) is 9.97 Å². The van der Waals surface area contributed by atoms with E-state index >= 15 is 0 Å². The van der Waals surface area contributed by atoms with Gasteiger partial charge in [0.1, 0.15) is 0 Å². The lowest BCUT2D eigenvalue weighted by Crippen LogP contribution is -2.32. The normalized spacial score (nSPS) is 25.2. The van der Waals surface area contributed by atoms with Crippen LogP contribution in [0.25, 0.3) is 0 Å². The average Bonchev–Trinajstić information content (AvgIpc) is 2.26. The molecule has 2 unspecified atom stereocenters. The Bertz CT molecular complexity index is 365. The minimum Gasteiger partial charge on any atom is -0.258 e. The highest BCUT2D eigenvalue weighted by atomic mass is 14.8. The Balaban J connectivity index is 2.37. The summed E-state index contributed by atoms with van der Waals surface area (Å²) in [5.74, 6) is 1.33. The zero-order valence-electron chi connectivity index (χ0n) is 10.8. The summed E-state index contributed by atoms with van der Waals surface area (Å²) in [6, 6.07) is 0. The zero-order valence-corrected chi connectivity index (χ0v) is 10.8. The van der Waals surface area contributed by atoms with Gasteiger partial charge in [0.2, 0.25) is 0 Å². The van der Waals surface area contributed by atoms with Gasteiger partial charge >= 0.3 is 0 Å². The van der Waals surface area contributed by atoms with Crippen LogP contribution in [-0.4, -0.2) is 9.97 Å². The van der Waals surface area contributed by atoms with Crippen molar-refractivity contribution >= 4 is 0 Å². The maximum Gasteiger partial charge on any atom is 0.0652 e. The van der Waals surface area contributed by atoms with Gasteiger partial charge in [-0.2, -0.15) is 0 Å². The number of hydrogen-bond donors (Lipinski definition) is 0. The van der Waals surface area contributed by atoms with E-state index in [1.165, 1.54) is 24.2 Å². The molecule has 0 fully saturated rings. The number of rotatable bonds is 1. The highest BCUT2D eigenvalue weighted by Gasteiger charge is 2.37. The molecule has 1 aromatic heterocycles. The third kappa shape index (κ3) is 1.98. The largest absolute Gasteiger partial charge is 0.258 e. The lowest BCUT2D eigenvalue weighted by Gasteiger charge is -2.40. The quantitative estimate of drug-likeness (QED) is 0.720. The summed E-state index contributed by atoms with van der Waals surface area (Å²) >= 11 is 0. The van der Waals surface area contributed by atoms with Crippen LogP contribution < -0.4 is 0 Å². The van der Waals surface area contributed by atoms with Gasteiger partial charge in [0, 0.05) is 18.3 Å². The van der Waals surface area contributed by atoms with Crippen molar-refractivity contribution in [3.63, 3.8) is 0 Å². The lowest BCUT2D eigenvalue weighted by atomic mass is 9.66. The molecule has 2 atom stereocenters. The van der Waals surface area contributed by atoms with Crippen LogP contribution in [0.2, 0.25) is 0 Å².